The summed E-state index contributed by atoms with van der Waals surface area (Å²) in [5.41, 5.74) is 2.99. The number of ether oxygens (including phenoxy) is 1. The van der Waals surface area contributed by atoms with E-state index in [1.165, 1.54) is 11.3 Å². The molecule has 2 N–H and O–H groups in total. The summed E-state index contributed by atoms with van der Waals surface area (Å²) in [6, 6.07) is 5.62. The lowest BCUT2D eigenvalue weighted by Crippen LogP contribution is -2.19. The Hall–Kier alpha value is -2.58. The van der Waals surface area contributed by atoms with Gasteiger partial charge in [-0.15, -0.1) is 16.4 Å². The third kappa shape index (κ3) is 3.13. The van der Waals surface area contributed by atoms with Crippen molar-refractivity contribution in [2.45, 2.75) is 12.8 Å². The molecule has 23 heavy (non-hydrogen) atoms. The van der Waals surface area contributed by atoms with Crippen LogP contribution in [0.3, 0.4) is 0 Å². The maximum atomic E-state index is 11.2. The molecule has 118 valence electrons. The molecule has 1 aromatic carbocycles. The Balaban J connectivity index is 2.10. The van der Waals surface area contributed by atoms with Gasteiger partial charge in [0.25, 0.3) is 0 Å². The molecule has 3 aromatic rings. The van der Waals surface area contributed by atoms with E-state index < -0.39 is 5.91 Å². The van der Waals surface area contributed by atoms with E-state index in [1.54, 1.807) is 18.8 Å². The first-order valence-corrected chi connectivity index (χ1v) is 7.77. The fraction of sp³-hybridized carbons (Fsp3) is 0.200. The van der Waals surface area contributed by atoms with Gasteiger partial charge in [0, 0.05) is 35.2 Å². The van der Waals surface area contributed by atoms with Gasteiger partial charge in [-0.2, -0.15) is 5.10 Å². The second kappa shape index (κ2) is 6.67. The molecule has 0 unspecified atom stereocenters. The average molecular weight is 330 g/mol. The number of aryl methyl sites for hydroxylation is 1. The van der Waals surface area contributed by atoms with Crippen LogP contribution in [0.5, 0.6) is 5.75 Å². The van der Waals surface area contributed by atoms with Crippen LogP contribution < -0.4 is 10.2 Å². The molecule has 1 amide bonds. The highest BCUT2D eigenvalue weighted by molar-refractivity contribution is 7.13. The third-order valence-corrected chi connectivity index (χ3v) is 4.19. The molecule has 0 atom stereocenters. The number of nitrogens with one attached hydrogen (secondary N) is 1. The van der Waals surface area contributed by atoms with Crippen LogP contribution >= 0.6 is 11.3 Å². The molecule has 0 bridgehead atoms. The largest absolute Gasteiger partial charge is 0.497 e. The van der Waals surface area contributed by atoms with Gasteiger partial charge >= 0.3 is 0 Å². The summed E-state index contributed by atoms with van der Waals surface area (Å²) >= 11 is 1.48. The van der Waals surface area contributed by atoms with Crippen LogP contribution in [0.1, 0.15) is 12.1 Å². The summed E-state index contributed by atoms with van der Waals surface area (Å²) < 4.78 is 5.29. The molecule has 0 saturated carbocycles. The minimum atomic E-state index is -0.461. The number of amides is 1. The van der Waals surface area contributed by atoms with Crippen molar-refractivity contribution < 1.29 is 14.7 Å². The Morgan fingerprint density at radius 2 is 2.22 bits per heavy atom. The molecular weight excluding hydrogens is 316 g/mol. The molecule has 3 rings (SSSR count). The Morgan fingerprint density at radius 1 is 1.35 bits per heavy atom. The van der Waals surface area contributed by atoms with Gasteiger partial charge < -0.3 is 4.74 Å². The third-order valence-electron chi connectivity index (χ3n) is 3.41. The minimum absolute atomic E-state index is 0.128. The number of hydrogen-bond acceptors (Lipinski definition) is 7. The standard InChI is InChI=1S/C15H14N4O3S/c1-22-9-2-3-10-11(8-9)14(15-16-6-7-23-15)18-17-12(10)4-5-13(20)19-21/h2-3,6-8,21H,4-5H2,1H3,(H,19,20). The summed E-state index contributed by atoms with van der Waals surface area (Å²) in [4.78, 5) is 15.5. The van der Waals surface area contributed by atoms with Crippen molar-refractivity contribution in [3.63, 3.8) is 0 Å². The Morgan fingerprint density at radius 3 is 2.91 bits per heavy atom. The number of aromatic nitrogens is 3. The van der Waals surface area contributed by atoms with Gasteiger partial charge in [-0.25, -0.2) is 10.5 Å². The van der Waals surface area contributed by atoms with Crippen LogP contribution in [-0.4, -0.2) is 33.4 Å². The fourth-order valence-corrected chi connectivity index (χ4v) is 2.92. The number of hydroxylamine groups is 1. The predicted molar refractivity (Wildman–Crippen MR) is 85.4 cm³/mol. The van der Waals surface area contributed by atoms with Crippen LogP contribution in [0.25, 0.3) is 21.5 Å². The highest BCUT2D eigenvalue weighted by atomic mass is 32.1. The average Bonchev–Trinajstić information content (AvgIpc) is 3.12. The van der Waals surface area contributed by atoms with Gasteiger partial charge in [-0.1, -0.05) is 0 Å². The molecule has 7 nitrogen and oxygen atoms in total. The van der Waals surface area contributed by atoms with Crippen LogP contribution in [0.4, 0.5) is 0 Å². The molecule has 0 radical (unpaired) electrons. The number of rotatable bonds is 5. The molecule has 2 heterocycles. The molecular formula is C15H14N4O3S. The highest BCUT2D eigenvalue weighted by Gasteiger charge is 2.14. The first kappa shape index (κ1) is 15.3. The highest BCUT2D eigenvalue weighted by Crippen LogP contribution is 2.31. The molecule has 2 aromatic heterocycles. The molecule has 0 aliphatic carbocycles. The number of carbonyl (C=O) groups is 1. The van der Waals surface area contributed by atoms with Crippen molar-refractivity contribution in [2.75, 3.05) is 7.11 Å². The lowest BCUT2D eigenvalue weighted by molar-refractivity contribution is -0.129. The summed E-state index contributed by atoms with van der Waals surface area (Å²) in [6.07, 6.45) is 2.22. The van der Waals surface area contributed by atoms with Crippen molar-refractivity contribution in [1.82, 2.24) is 20.7 Å². The lowest BCUT2D eigenvalue weighted by atomic mass is 10.1. The molecule has 8 heteroatoms. The monoisotopic (exact) mass is 330 g/mol. The van der Waals surface area contributed by atoms with Crippen LogP contribution in [-0.2, 0) is 11.2 Å². The van der Waals surface area contributed by atoms with Gasteiger partial charge in [0.2, 0.25) is 5.91 Å². The van der Waals surface area contributed by atoms with Crippen molar-refractivity contribution >= 4 is 28.0 Å². The summed E-state index contributed by atoms with van der Waals surface area (Å²) in [5.74, 6) is 0.250. The van der Waals surface area contributed by atoms with Crippen molar-refractivity contribution in [3.8, 4) is 16.5 Å². The predicted octanol–water partition coefficient (Wildman–Crippen LogP) is 2.20. The van der Waals surface area contributed by atoms with E-state index in [-0.39, 0.29) is 6.42 Å². The maximum absolute atomic E-state index is 11.2. The molecule has 0 fully saturated rings. The second-order valence-corrected chi connectivity index (χ2v) is 5.67. The topological polar surface area (TPSA) is 97.2 Å². The van der Waals surface area contributed by atoms with Gasteiger partial charge in [0.05, 0.1) is 12.8 Å². The minimum Gasteiger partial charge on any atom is -0.497 e. The van der Waals surface area contributed by atoms with Gasteiger partial charge in [0.1, 0.15) is 16.5 Å². The van der Waals surface area contributed by atoms with Crippen molar-refractivity contribution in [3.05, 3.63) is 35.5 Å². The normalized spacial score (nSPS) is 10.7. The maximum Gasteiger partial charge on any atom is 0.243 e. The zero-order valence-corrected chi connectivity index (χ0v) is 13.1. The molecule has 0 aliphatic heterocycles. The Bertz CT molecular complexity index is 836. The van der Waals surface area contributed by atoms with E-state index in [0.29, 0.717) is 23.6 Å². The van der Waals surface area contributed by atoms with Crippen LogP contribution in [0, 0.1) is 0 Å². The number of fused-ring (bicyclic) bond motifs is 1. The van der Waals surface area contributed by atoms with E-state index in [9.17, 15) is 4.79 Å². The first-order chi connectivity index (χ1) is 11.2. The van der Waals surface area contributed by atoms with E-state index in [0.717, 1.165) is 15.8 Å². The first-order valence-electron chi connectivity index (χ1n) is 6.89. The smallest absolute Gasteiger partial charge is 0.243 e. The number of benzene rings is 1. The Kier molecular flexibility index (Phi) is 4.45. The molecule has 0 aliphatic rings. The van der Waals surface area contributed by atoms with E-state index >= 15 is 0 Å². The Labute approximate surface area is 135 Å². The van der Waals surface area contributed by atoms with Crippen molar-refractivity contribution in [2.24, 2.45) is 0 Å². The number of hydrogen-bond donors (Lipinski definition) is 2. The number of nitrogens with zero attached hydrogens (tertiary/aromatic N) is 3. The lowest BCUT2D eigenvalue weighted by Gasteiger charge is -2.09. The van der Waals surface area contributed by atoms with Gasteiger partial charge in [0.15, 0.2) is 0 Å². The van der Waals surface area contributed by atoms with E-state index in [4.69, 9.17) is 9.94 Å². The molecule has 0 spiro atoms. The van der Waals surface area contributed by atoms with Gasteiger partial charge in [-0.05, 0) is 18.2 Å². The number of carbonyl (C=O) groups excluding carboxylic acids is 1. The van der Waals surface area contributed by atoms with E-state index in [2.05, 4.69) is 15.2 Å². The van der Waals surface area contributed by atoms with E-state index in [1.807, 2.05) is 23.6 Å². The summed E-state index contributed by atoms with van der Waals surface area (Å²) in [6.45, 7) is 0. The zero-order chi connectivity index (χ0) is 16.2. The quantitative estimate of drug-likeness (QED) is 0.550. The van der Waals surface area contributed by atoms with Crippen LogP contribution in [0.2, 0.25) is 0 Å². The second-order valence-electron chi connectivity index (χ2n) is 4.78. The summed E-state index contributed by atoms with van der Waals surface area (Å²) in [5, 5.41) is 21.5. The van der Waals surface area contributed by atoms with Crippen molar-refractivity contribution in [1.29, 1.82) is 0 Å². The molecule has 0 saturated heterocycles. The summed E-state index contributed by atoms with van der Waals surface area (Å²) in [7, 11) is 1.60. The SMILES string of the molecule is COc1ccc2c(CCC(=O)NO)nnc(-c3nccs3)c2c1. The van der Waals surface area contributed by atoms with Crippen LogP contribution in [0.15, 0.2) is 29.8 Å². The fourth-order valence-electron chi connectivity index (χ4n) is 2.29. The number of methoxy groups -OCH3 is 1. The number of thiazole rings is 1. The zero-order valence-electron chi connectivity index (χ0n) is 12.3. The van der Waals surface area contributed by atoms with Gasteiger partial charge in [-0.3, -0.25) is 10.0 Å².